The van der Waals surface area contributed by atoms with Crippen LogP contribution in [0.15, 0.2) is 24.3 Å². The van der Waals surface area contributed by atoms with Gasteiger partial charge in [-0.15, -0.1) is 12.4 Å². The molecule has 0 saturated carbocycles. The summed E-state index contributed by atoms with van der Waals surface area (Å²) >= 11 is 0. The molecule has 0 aromatic heterocycles. The van der Waals surface area contributed by atoms with Crippen LogP contribution in [0, 0.1) is 0 Å². The molecule has 1 unspecified atom stereocenters. The molecule has 1 aliphatic rings. The van der Waals surface area contributed by atoms with Gasteiger partial charge in [-0.2, -0.15) is 0 Å². The molecule has 1 heterocycles. The van der Waals surface area contributed by atoms with Crippen LogP contribution >= 0.6 is 12.4 Å². The number of phenols is 1. The van der Waals surface area contributed by atoms with Crippen LogP contribution in [0.2, 0.25) is 0 Å². The molecule has 1 fully saturated rings. The van der Waals surface area contributed by atoms with E-state index in [4.69, 9.17) is 5.11 Å². The molecule has 2 rings (SSSR count). The standard InChI is InChI=1S/C12H15F2NO.ClH/c1-11(9-3-5-10(16)6-4-9)12(13,14)7-2-8-15-11;/h3-6,15-16H,2,7-8H2,1H3;1H. The third kappa shape index (κ3) is 2.38. The Balaban J connectivity index is 0.00000144. The number of halogens is 3. The van der Waals surface area contributed by atoms with Crippen molar-refractivity contribution in [1.29, 1.82) is 0 Å². The Morgan fingerprint density at radius 2 is 1.82 bits per heavy atom. The lowest BCUT2D eigenvalue weighted by atomic mass is 9.80. The summed E-state index contributed by atoms with van der Waals surface area (Å²) < 4.78 is 27.8. The molecule has 1 aliphatic heterocycles. The zero-order valence-electron chi connectivity index (χ0n) is 9.54. The second kappa shape index (κ2) is 4.78. The summed E-state index contributed by atoms with van der Waals surface area (Å²) in [6, 6.07) is 5.96. The van der Waals surface area contributed by atoms with Gasteiger partial charge in [-0.3, -0.25) is 0 Å². The van der Waals surface area contributed by atoms with E-state index in [2.05, 4.69) is 5.32 Å². The highest BCUT2D eigenvalue weighted by Crippen LogP contribution is 2.43. The molecule has 5 heteroatoms. The minimum Gasteiger partial charge on any atom is -0.508 e. The van der Waals surface area contributed by atoms with Gasteiger partial charge in [-0.1, -0.05) is 12.1 Å². The van der Waals surface area contributed by atoms with Gasteiger partial charge in [-0.05, 0) is 37.6 Å². The first-order chi connectivity index (χ1) is 7.46. The Morgan fingerprint density at radius 3 is 2.35 bits per heavy atom. The first kappa shape index (κ1) is 14.2. The lowest BCUT2D eigenvalue weighted by molar-refractivity contribution is -0.110. The maximum absolute atomic E-state index is 13.9. The van der Waals surface area contributed by atoms with E-state index >= 15 is 0 Å². The van der Waals surface area contributed by atoms with Gasteiger partial charge >= 0.3 is 0 Å². The van der Waals surface area contributed by atoms with Gasteiger partial charge in [0, 0.05) is 6.42 Å². The van der Waals surface area contributed by atoms with Crippen molar-refractivity contribution in [1.82, 2.24) is 5.32 Å². The van der Waals surface area contributed by atoms with E-state index in [1.165, 1.54) is 19.1 Å². The molecule has 0 radical (unpaired) electrons. The third-order valence-corrected chi connectivity index (χ3v) is 3.32. The zero-order chi connectivity index (χ0) is 11.8. The number of rotatable bonds is 1. The van der Waals surface area contributed by atoms with Crippen molar-refractivity contribution < 1.29 is 13.9 Å². The maximum atomic E-state index is 13.9. The number of phenolic OH excluding ortho intramolecular Hbond substituents is 1. The minimum atomic E-state index is -2.76. The largest absolute Gasteiger partial charge is 0.508 e. The van der Waals surface area contributed by atoms with E-state index in [0.29, 0.717) is 18.5 Å². The minimum absolute atomic E-state index is 0. The highest BCUT2D eigenvalue weighted by Gasteiger charge is 2.52. The van der Waals surface area contributed by atoms with Crippen LogP contribution in [-0.4, -0.2) is 17.6 Å². The van der Waals surface area contributed by atoms with Gasteiger partial charge < -0.3 is 10.4 Å². The quantitative estimate of drug-likeness (QED) is 0.816. The molecule has 0 aliphatic carbocycles. The van der Waals surface area contributed by atoms with Crippen molar-refractivity contribution in [3.05, 3.63) is 29.8 Å². The van der Waals surface area contributed by atoms with Crippen molar-refractivity contribution in [3.63, 3.8) is 0 Å². The summed E-state index contributed by atoms with van der Waals surface area (Å²) in [5, 5.41) is 12.1. The average molecular weight is 264 g/mol. The van der Waals surface area contributed by atoms with E-state index < -0.39 is 11.5 Å². The van der Waals surface area contributed by atoms with Crippen molar-refractivity contribution in [2.45, 2.75) is 31.2 Å². The summed E-state index contributed by atoms with van der Waals surface area (Å²) in [5.74, 6) is -2.67. The van der Waals surface area contributed by atoms with Gasteiger partial charge in [0.05, 0.1) is 0 Å². The fourth-order valence-electron chi connectivity index (χ4n) is 2.14. The first-order valence-electron chi connectivity index (χ1n) is 5.38. The van der Waals surface area contributed by atoms with Crippen LogP contribution in [0.3, 0.4) is 0 Å². The number of benzene rings is 1. The topological polar surface area (TPSA) is 32.3 Å². The summed E-state index contributed by atoms with van der Waals surface area (Å²) in [6.07, 6.45) is 0.387. The normalized spacial score (nSPS) is 27.2. The number of piperidine rings is 1. The molecular weight excluding hydrogens is 248 g/mol. The van der Waals surface area contributed by atoms with E-state index in [1.54, 1.807) is 12.1 Å². The van der Waals surface area contributed by atoms with Crippen LogP contribution in [0.5, 0.6) is 5.75 Å². The number of nitrogens with one attached hydrogen (secondary N) is 1. The predicted molar refractivity (Wildman–Crippen MR) is 64.9 cm³/mol. The van der Waals surface area contributed by atoms with Crippen molar-refractivity contribution in [2.75, 3.05) is 6.54 Å². The number of alkyl halides is 2. The van der Waals surface area contributed by atoms with E-state index in [1.807, 2.05) is 0 Å². The Bertz CT molecular complexity index is 383. The van der Waals surface area contributed by atoms with Gasteiger partial charge in [0.15, 0.2) is 0 Å². The summed E-state index contributed by atoms with van der Waals surface area (Å²) in [5.41, 5.74) is -0.825. The summed E-state index contributed by atoms with van der Waals surface area (Å²) in [4.78, 5) is 0. The van der Waals surface area contributed by atoms with E-state index in [0.717, 1.165) is 0 Å². The maximum Gasteiger partial charge on any atom is 0.269 e. The van der Waals surface area contributed by atoms with Gasteiger partial charge in [0.1, 0.15) is 11.3 Å². The van der Waals surface area contributed by atoms with Crippen LogP contribution in [-0.2, 0) is 5.54 Å². The fourth-order valence-corrected chi connectivity index (χ4v) is 2.14. The number of hydrogen-bond acceptors (Lipinski definition) is 2. The number of aromatic hydroxyl groups is 1. The molecular formula is C12H16ClF2NO. The Morgan fingerprint density at radius 1 is 1.24 bits per heavy atom. The first-order valence-corrected chi connectivity index (χ1v) is 5.38. The van der Waals surface area contributed by atoms with Gasteiger partial charge in [-0.25, -0.2) is 8.78 Å². The van der Waals surface area contributed by atoms with Crippen LogP contribution in [0.4, 0.5) is 8.78 Å². The molecule has 1 atom stereocenters. The fraction of sp³-hybridized carbons (Fsp3) is 0.500. The average Bonchev–Trinajstić information content (AvgIpc) is 2.23. The molecule has 0 amide bonds. The lowest BCUT2D eigenvalue weighted by Gasteiger charge is -2.42. The second-order valence-corrected chi connectivity index (χ2v) is 4.41. The second-order valence-electron chi connectivity index (χ2n) is 4.41. The van der Waals surface area contributed by atoms with E-state index in [9.17, 15) is 8.78 Å². The zero-order valence-corrected chi connectivity index (χ0v) is 10.4. The highest BCUT2D eigenvalue weighted by atomic mass is 35.5. The molecule has 17 heavy (non-hydrogen) atoms. The van der Waals surface area contributed by atoms with Crippen LogP contribution < -0.4 is 5.32 Å². The summed E-state index contributed by atoms with van der Waals surface area (Å²) in [6.45, 7) is 2.10. The molecule has 0 spiro atoms. The Labute approximate surface area is 105 Å². The highest BCUT2D eigenvalue weighted by molar-refractivity contribution is 5.85. The Kier molecular flexibility index (Phi) is 3.99. The van der Waals surface area contributed by atoms with Crippen LogP contribution in [0.25, 0.3) is 0 Å². The molecule has 2 nitrogen and oxygen atoms in total. The molecule has 1 aromatic carbocycles. The SMILES string of the molecule is CC1(c2ccc(O)cc2)NCCCC1(F)F.Cl. The third-order valence-electron chi connectivity index (χ3n) is 3.32. The molecule has 1 aromatic rings. The van der Waals surface area contributed by atoms with Crippen LogP contribution in [0.1, 0.15) is 25.3 Å². The molecule has 96 valence electrons. The van der Waals surface area contributed by atoms with Gasteiger partial charge in [0.25, 0.3) is 5.92 Å². The van der Waals surface area contributed by atoms with Crippen molar-refractivity contribution in [3.8, 4) is 5.75 Å². The number of hydrogen-bond donors (Lipinski definition) is 2. The molecule has 1 saturated heterocycles. The molecule has 0 bridgehead atoms. The monoisotopic (exact) mass is 263 g/mol. The lowest BCUT2D eigenvalue weighted by Crippen LogP contribution is -2.57. The Hall–Kier alpha value is -0.870. The van der Waals surface area contributed by atoms with E-state index in [-0.39, 0.29) is 24.6 Å². The van der Waals surface area contributed by atoms with Gasteiger partial charge in [0.2, 0.25) is 0 Å². The van der Waals surface area contributed by atoms with Crippen molar-refractivity contribution >= 4 is 12.4 Å². The molecule has 2 N–H and O–H groups in total. The summed E-state index contributed by atoms with van der Waals surface area (Å²) in [7, 11) is 0. The van der Waals surface area contributed by atoms with Crippen molar-refractivity contribution in [2.24, 2.45) is 0 Å². The smallest absolute Gasteiger partial charge is 0.269 e. The predicted octanol–water partition coefficient (Wildman–Crippen LogP) is 3.05.